The fourth-order valence-corrected chi connectivity index (χ4v) is 2.67. The molecule has 0 spiro atoms. The molecule has 116 valence electrons. The highest BCUT2D eigenvalue weighted by Crippen LogP contribution is 2.11. The second kappa shape index (κ2) is 7.75. The first-order valence-corrected chi connectivity index (χ1v) is 7.83. The van der Waals surface area contributed by atoms with E-state index in [4.69, 9.17) is 9.84 Å². The lowest BCUT2D eigenvalue weighted by Crippen LogP contribution is -2.25. The summed E-state index contributed by atoms with van der Waals surface area (Å²) in [5, 5.41) is 8.83. The molecule has 0 aliphatic heterocycles. The highest BCUT2D eigenvalue weighted by molar-refractivity contribution is 7.89. The lowest BCUT2D eigenvalue weighted by molar-refractivity contribution is -0.143. The van der Waals surface area contributed by atoms with E-state index in [2.05, 4.69) is 4.72 Å². The van der Waals surface area contributed by atoms with Gasteiger partial charge in [0.1, 0.15) is 0 Å². The van der Waals surface area contributed by atoms with E-state index in [0.717, 1.165) is 6.07 Å². The maximum absolute atomic E-state index is 12.0. The Hall–Kier alpha value is -1.93. The minimum Gasteiger partial charge on any atom is -0.478 e. The van der Waals surface area contributed by atoms with Gasteiger partial charge in [0.2, 0.25) is 10.0 Å². The van der Waals surface area contributed by atoms with E-state index in [-0.39, 0.29) is 36.0 Å². The van der Waals surface area contributed by atoms with Crippen molar-refractivity contribution in [1.29, 1.82) is 0 Å². The van der Waals surface area contributed by atoms with Crippen LogP contribution >= 0.6 is 0 Å². The van der Waals surface area contributed by atoms with Crippen LogP contribution in [0.1, 0.15) is 30.1 Å². The Morgan fingerprint density at radius 2 is 2.05 bits per heavy atom. The molecule has 0 aliphatic carbocycles. The van der Waals surface area contributed by atoms with E-state index in [0.29, 0.717) is 6.42 Å². The van der Waals surface area contributed by atoms with E-state index < -0.39 is 16.0 Å². The minimum absolute atomic E-state index is 0.0679. The molecular weight excluding hydrogens is 298 g/mol. The normalized spacial score (nSPS) is 11.1. The van der Waals surface area contributed by atoms with Crippen LogP contribution in [0.25, 0.3) is 0 Å². The molecule has 0 unspecified atom stereocenters. The van der Waals surface area contributed by atoms with Crippen LogP contribution in [-0.2, 0) is 19.6 Å². The van der Waals surface area contributed by atoms with Crippen molar-refractivity contribution in [3.05, 3.63) is 29.8 Å². The smallest absolute Gasteiger partial charge is 0.335 e. The maximum atomic E-state index is 12.0. The molecule has 0 atom stereocenters. The lowest BCUT2D eigenvalue weighted by atomic mass is 10.2. The third-order valence-corrected chi connectivity index (χ3v) is 4.01. The quantitative estimate of drug-likeness (QED) is 0.547. The van der Waals surface area contributed by atoms with Crippen molar-refractivity contribution < 1.29 is 27.9 Å². The van der Waals surface area contributed by atoms with Crippen molar-refractivity contribution in [3.63, 3.8) is 0 Å². The van der Waals surface area contributed by atoms with Crippen LogP contribution in [0.5, 0.6) is 0 Å². The van der Waals surface area contributed by atoms with E-state index >= 15 is 0 Å². The van der Waals surface area contributed by atoms with Gasteiger partial charge in [-0.25, -0.2) is 17.9 Å². The highest BCUT2D eigenvalue weighted by atomic mass is 32.2. The second-order valence-corrected chi connectivity index (χ2v) is 5.91. The SMILES string of the molecule is CCOC(=O)CCCNS(=O)(=O)c1cccc(C(=O)O)c1. The number of esters is 1. The van der Waals surface area contributed by atoms with Gasteiger partial charge in [-0.05, 0) is 31.5 Å². The Morgan fingerprint density at radius 3 is 2.67 bits per heavy atom. The molecular formula is C13H17NO6S. The molecule has 0 bridgehead atoms. The Morgan fingerprint density at radius 1 is 1.33 bits per heavy atom. The predicted molar refractivity (Wildman–Crippen MR) is 74.5 cm³/mol. The summed E-state index contributed by atoms with van der Waals surface area (Å²) >= 11 is 0. The van der Waals surface area contributed by atoms with Crippen LogP contribution in [0.2, 0.25) is 0 Å². The zero-order valence-electron chi connectivity index (χ0n) is 11.5. The van der Waals surface area contributed by atoms with E-state index in [1.165, 1.54) is 18.2 Å². The van der Waals surface area contributed by atoms with Gasteiger partial charge in [-0.2, -0.15) is 0 Å². The fraction of sp³-hybridized carbons (Fsp3) is 0.385. The highest BCUT2D eigenvalue weighted by Gasteiger charge is 2.15. The molecule has 1 aromatic rings. The van der Waals surface area contributed by atoms with Crippen molar-refractivity contribution >= 4 is 22.0 Å². The summed E-state index contributed by atoms with van der Waals surface area (Å²) < 4.78 is 30.9. The zero-order chi connectivity index (χ0) is 15.9. The summed E-state index contributed by atoms with van der Waals surface area (Å²) in [6.07, 6.45) is 0.419. The molecule has 0 aromatic heterocycles. The molecule has 0 aliphatic rings. The summed E-state index contributed by atoms with van der Waals surface area (Å²) in [4.78, 5) is 21.8. The molecule has 0 heterocycles. The minimum atomic E-state index is -3.79. The summed E-state index contributed by atoms with van der Waals surface area (Å²) in [7, 11) is -3.79. The first-order valence-electron chi connectivity index (χ1n) is 6.35. The Kier molecular flexibility index (Phi) is 6.32. The summed E-state index contributed by atoms with van der Waals surface area (Å²) in [6, 6.07) is 5.05. The van der Waals surface area contributed by atoms with Crippen LogP contribution in [0.3, 0.4) is 0 Å². The van der Waals surface area contributed by atoms with E-state index in [9.17, 15) is 18.0 Å². The number of nitrogens with one attached hydrogen (secondary N) is 1. The Balaban J connectivity index is 2.60. The Bertz CT molecular complexity index is 611. The van der Waals surface area contributed by atoms with Gasteiger partial charge in [0, 0.05) is 13.0 Å². The first-order chi connectivity index (χ1) is 9.86. The molecule has 0 saturated carbocycles. The van der Waals surface area contributed by atoms with Gasteiger partial charge in [0.25, 0.3) is 0 Å². The third-order valence-electron chi connectivity index (χ3n) is 2.55. The molecule has 2 N–H and O–H groups in total. The number of hydrogen-bond donors (Lipinski definition) is 2. The first kappa shape index (κ1) is 17.1. The number of carboxylic acids is 1. The number of benzene rings is 1. The number of rotatable bonds is 8. The van der Waals surface area contributed by atoms with Gasteiger partial charge < -0.3 is 9.84 Å². The topological polar surface area (TPSA) is 110 Å². The van der Waals surface area contributed by atoms with Crippen molar-refractivity contribution in [2.75, 3.05) is 13.2 Å². The third kappa shape index (κ3) is 5.52. The average Bonchev–Trinajstić information content (AvgIpc) is 2.44. The van der Waals surface area contributed by atoms with Crippen LogP contribution in [0.15, 0.2) is 29.2 Å². The van der Waals surface area contributed by atoms with Crippen molar-refractivity contribution in [3.8, 4) is 0 Å². The molecule has 21 heavy (non-hydrogen) atoms. The van der Waals surface area contributed by atoms with Crippen LogP contribution in [0, 0.1) is 0 Å². The lowest BCUT2D eigenvalue weighted by Gasteiger charge is -2.07. The molecule has 7 nitrogen and oxygen atoms in total. The monoisotopic (exact) mass is 315 g/mol. The van der Waals surface area contributed by atoms with Gasteiger partial charge in [-0.3, -0.25) is 4.79 Å². The molecule has 1 aromatic carbocycles. The van der Waals surface area contributed by atoms with Gasteiger partial charge in [0.05, 0.1) is 17.1 Å². The zero-order valence-corrected chi connectivity index (χ0v) is 12.4. The van der Waals surface area contributed by atoms with Gasteiger partial charge in [0.15, 0.2) is 0 Å². The molecule has 0 amide bonds. The van der Waals surface area contributed by atoms with Gasteiger partial charge in [-0.15, -0.1) is 0 Å². The number of carboxylic acid groups (broad SMARTS) is 1. The second-order valence-electron chi connectivity index (χ2n) is 4.14. The maximum Gasteiger partial charge on any atom is 0.335 e. The molecule has 8 heteroatoms. The summed E-state index contributed by atoms with van der Waals surface area (Å²) in [5.74, 6) is -1.58. The van der Waals surface area contributed by atoms with Crippen LogP contribution in [0.4, 0.5) is 0 Å². The predicted octanol–water partition coefficient (Wildman–Crippen LogP) is 1.01. The number of sulfonamides is 1. The van der Waals surface area contributed by atoms with Crippen molar-refractivity contribution in [2.24, 2.45) is 0 Å². The van der Waals surface area contributed by atoms with Gasteiger partial charge in [-0.1, -0.05) is 6.07 Å². The molecule has 0 radical (unpaired) electrons. The standard InChI is InChI=1S/C13H17NO6S/c1-2-20-12(15)7-4-8-14-21(18,19)11-6-3-5-10(9-11)13(16)17/h3,5-6,9,14H,2,4,7-8H2,1H3,(H,16,17). The molecule has 1 rings (SSSR count). The number of carbonyl (C=O) groups is 2. The number of aromatic carboxylic acids is 1. The molecule has 0 fully saturated rings. The average molecular weight is 315 g/mol. The summed E-state index contributed by atoms with van der Waals surface area (Å²) in [5.41, 5.74) is -0.107. The largest absolute Gasteiger partial charge is 0.478 e. The number of hydrogen-bond acceptors (Lipinski definition) is 5. The Labute approximate surface area is 123 Å². The number of ether oxygens (including phenoxy) is 1. The van der Waals surface area contributed by atoms with Crippen molar-refractivity contribution in [1.82, 2.24) is 4.72 Å². The van der Waals surface area contributed by atoms with E-state index in [1.807, 2.05) is 0 Å². The van der Waals surface area contributed by atoms with Crippen LogP contribution in [-0.4, -0.2) is 38.6 Å². The van der Waals surface area contributed by atoms with Crippen molar-refractivity contribution in [2.45, 2.75) is 24.7 Å². The van der Waals surface area contributed by atoms with Crippen LogP contribution < -0.4 is 4.72 Å². The fourth-order valence-electron chi connectivity index (χ4n) is 1.55. The molecule has 0 saturated heterocycles. The van der Waals surface area contributed by atoms with Gasteiger partial charge >= 0.3 is 11.9 Å². The van der Waals surface area contributed by atoms with E-state index in [1.54, 1.807) is 6.92 Å². The number of carbonyl (C=O) groups excluding carboxylic acids is 1. The summed E-state index contributed by atoms with van der Waals surface area (Å²) in [6.45, 7) is 2.04.